The number of benzene rings is 2. The quantitative estimate of drug-likeness (QED) is 0.547. The molecule has 1 aliphatic rings. The number of hydrogen-bond acceptors (Lipinski definition) is 5. The summed E-state index contributed by atoms with van der Waals surface area (Å²) in [6, 6.07) is 10.6. The maximum atomic E-state index is 14.3. The van der Waals surface area contributed by atoms with Gasteiger partial charge in [-0.3, -0.25) is 9.59 Å². The monoisotopic (exact) mass is 437 g/mol. The van der Waals surface area contributed by atoms with Crippen molar-refractivity contribution < 1.29 is 18.4 Å². The van der Waals surface area contributed by atoms with Crippen LogP contribution in [0.5, 0.6) is 0 Å². The van der Waals surface area contributed by atoms with Gasteiger partial charge in [-0.15, -0.1) is 0 Å². The summed E-state index contributed by atoms with van der Waals surface area (Å²) in [6.07, 6.45) is 0. The highest BCUT2D eigenvalue weighted by Crippen LogP contribution is 2.30. The number of amides is 2. The van der Waals surface area contributed by atoms with Gasteiger partial charge in [0.15, 0.2) is 5.82 Å². The Morgan fingerprint density at radius 3 is 2.44 bits per heavy atom. The number of likely N-dealkylation sites (N-methyl/N-ethyl adjacent to an activating group) is 1. The zero-order valence-electron chi connectivity index (χ0n) is 17.5. The van der Waals surface area contributed by atoms with Crippen LogP contribution in [-0.2, 0) is 11.3 Å². The molecule has 2 heterocycles. The van der Waals surface area contributed by atoms with E-state index in [2.05, 4.69) is 25.9 Å². The second-order valence-electron chi connectivity index (χ2n) is 7.36. The highest BCUT2D eigenvalue weighted by molar-refractivity contribution is 6.03. The summed E-state index contributed by atoms with van der Waals surface area (Å²) < 4.78 is 28.6. The van der Waals surface area contributed by atoms with E-state index in [1.165, 1.54) is 6.07 Å². The minimum Gasteiger partial charge on any atom is -0.356 e. The largest absolute Gasteiger partial charge is 0.356 e. The number of rotatable bonds is 6. The topological polar surface area (TPSA) is 96.0 Å². The van der Waals surface area contributed by atoms with Crippen molar-refractivity contribution in [1.82, 2.24) is 20.6 Å². The molecule has 1 aliphatic heterocycles. The van der Waals surface area contributed by atoms with E-state index in [0.29, 0.717) is 17.9 Å². The van der Waals surface area contributed by atoms with Crippen molar-refractivity contribution in [3.8, 4) is 11.4 Å². The number of nitrogens with one attached hydrogen (secondary N) is 3. The molecule has 0 saturated heterocycles. The number of hydrogen-bond donors (Lipinski definition) is 3. The highest BCUT2D eigenvalue weighted by atomic mass is 19.1. The lowest BCUT2D eigenvalue weighted by atomic mass is 10.00. The zero-order valence-corrected chi connectivity index (χ0v) is 17.5. The first-order valence-electron chi connectivity index (χ1n) is 10.2. The second-order valence-corrected chi connectivity index (χ2v) is 7.36. The van der Waals surface area contributed by atoms with Crippen LogP contribution < -0.4 is 16.0 Å². The molecule has 0 bridgehead atoms. The molecule has 4 rings (SSSR count). The van der Waals surface area contributed by atoms with E-state index in [-0.39, 0.29) is 47.0 Å². The molecule has 32 heavy (non-hydrogen) atoms. The first-order chi connectivity index (χ1) is 15.4. The Labute approximate surface area is 183 Å². The maximum absolute atomic E-state index is 14.3. The van der Waals surface area contributed by atoms with E-state index < -0.39 is 11.6 Å². The number of nitrogens with zero attached hydrogens (tertiary/aromatic N) is 2. The Kier molecular flexibility index (Phi) is 5.81. The minimum atomic E-state index is -0.795. The van der Waals surface area contributed by atoms with Crippen LogP contribution in [0.15, 0.2) is 42.5 Å². The third kappa shape index (κ3) is 4.01. The van der Waals surface area contributed by atoms with Gasteiger partial charge in [-0.2, -0.15) is 0 Å². The molecule has 7 nitrogen and oxygen atoms in total. The molecule has 0 aliphatic carbocycles. The maximum Gasteiger partial charge on any atom is 0.257 e. The molecule has 0 radical (unpaired) electrons. The second kappa shape index (κ2) is 8.70. The lowest BCUT2D eigenvalue weighted by Gasteiger charge is -2.14. The van der Waals surface area contributed by atoms with Gasteiger partial charge in [-0.1, -0.05) is 18.2 Å². The van der Waals surface area contributed by atoms with Crippen LogP contribution in [0.2, 0.25) is 0 Å². The normalized spacial score (nSPS) is 13.3. The van der Waals surface area contributed by atoms with E-state index in [9.17, 15) is 18.4 Å². The SMILES string of the molecule is CCNC(=O)[C@@H](C)c1ccc(Nc2nc(-c3c(F)cccc3F)nc3c2C(=O)NC3)cc1. The lowest BCUT2D eigenvalue weighted by Crippen LogP contribution is -2.27. The van der Waals surface area contributed by atoms with Crippen LogP contribution in [-0.4, -0.2) is 28.3 Å². The van der Waals surface area contributed by atoms with Gasteiger partial charge in [0, 0.05) is 12.2 Å². The van der Waals surface area contributed by atoms with Gasteiger partial charge in [0.2, 0.25) is 5.91 Å². The Balaban J connectivity index is 1.69. The molecule has 0 fully saturated rings. The Bertz CT molecular complexity index is 1180. The average molecular weight is 437 g/mol. The molecule has 3 N–H and O–H groups in total. The van der Waals surface area contributed by atoms with Crippen LogP contribution in [0.3, 0.4) is 0 Å². The molecule has 1 atom stereocenters. The van der Waals surface area contributed by atoms with E-state index in [1.807, 2.05) is 13.8 Å². The molecule has 0 saturated carbocycles. The molecule has 1 aromatic heterocycles. The van der Waals surface area contributed by atoms with Crippen molar-refractivity contribution in [2.24, 2.45) is 0 Å². The number of anilines is 2. The first-order valence-corrected chi connectivity index (χ1v) is 10.2. The van der Waals surface area contributed by atoms with Gasteiger partial charge in [0.25, 0.3) is 5.91 Å². The van der Waals surface area contributed by atoms with Gasteiger partial charge in [0.1, 0.15) is 23.0 Å². The van der Waals surface area contributed by atoms with Gasteiger partial charge in [-0.25, -0.2) is 18.7 Å². The Hall–Kier alpha value is -3.88. The lowest BCUT2D eigenvalue weighted by molar-refractivity contribution is -0.122. The summed E-state index contributed by atoms with van der Waals surface area (Å²) in [7, 11) is 0. The summed E-state index contributed by atoms with van der Waals surface area (Å²) >= 11 is 0. The predicted octanol–water partition coefficient (Wildman–Crippen LogP) is 3.65. The Morgan fingerprint density at radius 2 is 1.78 bits per heavy atom. The van der Waals surface area contributed by atoms with Crippen molar-refractivity contribution >= 4 is 23.3 Å². The molecule has 3 aromatic rings. The van der Waals surface area contributed by atoms with Gasteiger partial charge >= 0.3 is 0 Å². The molecule has 9 heteroatoms. The molecule has 2 aromatic carbocycles. The van der Waals surface area contributed by atoms with Crippen LogP contribution in [0.25, 0.3) is 11.4 Å². The third-order valence-electron chi connectivity index (χ3n) is 5.23. The molecule has 164 valence electrons. The summed E-state index contributed by atoms with van der Waals surface area (Å²) in [5.41, 5.74) is 1.64. The van der Waals surface area contributed by atoms with Crippen LogP contribution in [0, 0.1) is 11.6 Å². The van der Waals surface area contributed by atoms with Crippen LogP contribution in [0.4, 0.5) is 20.3 Å². The summed E-state index contributed by atoms with van der Waals surface area (Å²) in [5, 5.41) is 8.49. The van der Waals surface area contributed by atoms with Crippen LogP contribution >= 0.6 is 0 Å². The highest BCUT2D eigenvalue weighted by Gasteiger charge is 2.28. The molecular weight excluding hydrogens is 416 g/mol. The van der Waals surface area contributed by atoms with E-state index in [1.54, 1.807) is 24.3 Å². The predicted molar refractivity (Wildman–Crippen MR) is 115 cm³/mol. The number of carbonyl (C=O) groups is 2. The zero-order chi connectivity index (χ0) is 22.8. The molecule has 0 spiro atoms. The fraction of sp³-hybridized carbons (Fsp3) is 0.217. The van der Waals surface area contributed by atoms with Crippen molar-refractivity contribution in [2.45, 2.75) is 26.3 Å². The first kappa shape index (κ1) is 21.4. The van der Waals surface area contributed by atoms with Gasteiger partial charge in [-0.05, 0) is 43.7 Å². The fourth-order valence-electron chi connectivity index (χ4n) is 3.51. The standard InChI is InChI=1S/C23H21F2N5O2/c1-3-26-22(31)12(2)13-7-9-14(10-8-13)28-21-19-17(11-27-23(19)32)29-20(30-21)18-15(24)5-4-6-16(18)25/h4-10,12H,3,11H2,1-2H3,(H,26,31)(H,27,32)(H,28,29,30)/t12-/m0/s1. The van der Waals surface area contributed by atoms with Crippen molar-refractivity contribution in [2.75, 3.05) is 11.9 Å². The number of aromatic nitrogens is 2. The summed E-state index contributed by atoms with van der Waals surface area (Å²) in [5.74, 6) is -2.37. The van der Waals surface area contributed by atoms with E-state index in [4.69, 9.17) is 0 Å². The minimum absolute atomic E-state index is 0.0740. The van der Waals surface area contributed by atoms with Crippen LogP contribution in [0.1, 0.15) is 41.4 Å². The van der Waals surface area contributed by atoms with E-state index >= 15 is 0 Å². The van der Waals surface area contributed by atoms with Crippen molar-refractivity contribution in [1.29, 1.82) is 0 Å². The van der Waals surface area contributed by atoms with Gasteiger partial charge < -0.3 is 16.0 Å². The smallest absolute Gasteiger partial charge is 0.257 e. The fourth-order valence-corrected chi connectivity index (χ4v) is 3.51. The molecule has 2 amide bonds. The summed E-state index contributed by atoms with van der Waals surface area (Å²) in [6.45, 7) is 4.35. The van der Waals surface area contributed by atoms with Gasteiger partial charge in [0.05, 0.1) is 23.7 Å². The summed E-state index contributed by atoms with van der Waals surface area (Å²) in [4.78, 5) is 32.9. The van der Waals surface area contributed by atoms with Crippen molar-refractivity contribution in [3.63, 3.8) is 0 Å². The van der Waals surface area contributed by atoms with Crippen molar-refractivity contribution in [3.05, 3.63) is 70.9 Å². The van der Waals surface area contributed by atoms with E-state index in [0.717, 1.165) is 17.7 Å². The Morgan fingerprint density at radius 1 is 1.09 bits per heavy atom. The number of carbonyl (C=O) groups excluding carboxylic acids is 2. The number of halogens is 2. The third-order valence-corrected chi connectivity index (χ3v) is 5.23. The molecular formula is C23H21F2N5O2. The number of fused-ring (bicyclic) bond motifs is 1. The molecule has 0 unspecified atom stereocenters. The average Bonchev–Trinajstić information content (AvgIpc) is 3.15.